The highest BCUT2D eigenvalue weighted by Gasteiger charge is 2.20. The van der Waals surface area contributed by atoms with Crippen molar-refractivity contribution in [1.82, 2.24) is 0 Å². The second-order valence-electron chi connectivity index (χ2n) is 5.17. The standard InChI is InChI=1S/C15H20FN5O3S/c1-7(17)3-13(25)21-10-5-11(9(16)4-8(10)14(18)22)20-12(6-24-2)15(19)23/h3-5,12,20H,6,17H2,1-2H3,(H2,18,22)(H2,19,23)(H,21,25)/t12-/m1/s1. The monoisotopic (exact) mass is 369 g/mol. The van der Waals surface area contributed by atoms with Crippen LogP contribution in [0.1, 0.15) is 17.3 Å². The first kappa shape index (κ1) is 20.3. The molecule has 0 fully saturated rings. The number of carbonyl (C=O) groups excluding carboxylic acids is 2. The number of nitrogens with two attached hydrogens (primary N) is 3. The quantitative estimate of drug-likeness (QED) is 0.330. The largest absolute Gasteiger partial charge is 0.402 e. The number of rotatable bonds is 8. The van der Waals surface area contributed by atoms with Crippen LogP contribution in [0.15, 0.2) is 23.9 Å². The molecule has 0 aliphatic heterocycles. The van der Waals surface area contributed by atoms with Crippen LogP contribution in [0.3, 0.4) is 0 Å². The van der Waals surface area contributed by atoms with Crippen molar-refractivity contribution in [1.29, 1.82) is 0 Å². The Hall–Kier alpha value is -2.72. The number of nitrogens with one attached hydrogen (secondary N) is 2. The maximum absolute atomic E-state index is 14.2. The van der Waals surface area contributed by atoms with Crippen molar-refractivity contribution in [2.24, 2.45) is 17.2 Å². The van der Waals surface area contributed by atoms with Crippen molar-refractivity contribution in [3.8, 4) is 0 Å². The lowest BCUT2D eigenvalue weighted by Gasteiger charge is -2.18. The average molecular weight is 369 g/mol. The molecule has 1 aromatic rings. The number of anilines is 2. The Kier molecular flexibility index (Phi) is 7.27. The number of carbonyl (C=O) groups is 2. The molecule has 0 spiro atoms. The molecular formula is C15H20FN5O3S. The van der Waals surface area contributed by atoms with Crippen LogP contribution in [0.5, 0.6) is 0 Å². The molecule has 0 bridgehead atoms. The van der Waals surface area contributed by atoms with Crippen molar-refractivity contribution in [2.75, 3.05) is 24.4 Å². The molecule has 1 atom stereocenters. The molecule has 0 saturated carbocycles. The van der Waals surface area contributed by atoms with Gasteiger partial charge in [-0.2, -0.15) is 0 Å². The van der Waals surface area contributed by atoms with Crippen LogP contribution in [0.2, 0.25) is 0 Å². The Morgan fingerprint density at radius 2 is 1.96 bits per heavy atom. The Labute approximate surface area is 149 Å². The minimum atomic E-state index is -0.968. The van der Waals surface area contributed by atoms with Gasteiger partial charge >= 0.3 is 0 Å². The van der Waals surface area contributed by atoms with Gasteiger partial charge in [0.05, 0.1) is 23.5 Å². The van der Waals surface area contributed by atoms with Gasteiger partial charge in [0.15, 0.2) is 0 Å². The summed E-state index contributed by atoms with van der Waals surface area (Å²) in [7, 11) is 1.37. The third-order valence-corrected chi connectivity index (χ3v) is 3.22. The zero-order valence-electron chi connectivity index (χ0n) is 13.8. The number of halogens is 1. The summed E-state index contributed by atoms with van der Waals surface area (Å²) >= 11 is 5.08. The van der Waals surface area contributed by atoms with Crippen LogP contribution in [0, 0.1) is 5.82 Å². The van der Waals surface area contributed by atoms with E-state index in [2.05, 4.69) is 10.6 Å². The first-order chi connectivity index (χ1) is 11.6. The number of amides is 2. The van der Waals surface area contributed by atoms with Gasteiger partial charge in [-0.25, -0.2) is 4.39 Å². The van der Waals surface area contributed by atoms with E-state index in [1.807, 2.05) is 0 Å². The third-order valence-electron chi connectivity index (χ3n) is 3.00. The summed E-state index contributed by atoms with van der Waals surface area (Å²) in [5, 5.41) is 5.36. The van der Waals surface area contributed by atoms with Crippen LogP contribution < -0.4 is 27.8 Å². The van der Waals surface area contributed by atoms with E-state index in [1.165, 1.54) is 19.3 Å². The molecule has 8 nitrogen and oxygen atoms in total. The van der Waals surface area contributed by atoms with Crippen LogP contribution in [0.25, 0.3) is 0 Å². The Bertz CT molecular complexity index is 719. The van der Waals surface area contributed by atoms with Crippen molar-refractivity contribution in [2.45, 2.75) is 13.0 Å². The molecule has 1 rings (SSSR count). The summed E-state index contributed by atoms with van der Waals surface area (Å²) in [5.41, 5.74) is 16.4. The summed E-state index contributed by atoms with van der Waals surface area (Å²) in [6.45, 7) is 1.56. The molecular weight excluding hydrogens is 349 g/mol. The Balaban J connectivity index is 3.26. The molecule has 0 unspecified atom stereocenters. The van der Waals surface area contributed by atoms with Crippen LogP contribution in [-0.4, -0.2) is 36.6 Å². The molecule has 2 amide bonds. The van der Waals surface area contributed by atoms with E-state index >= 15 is 0 Å². The average Bonchev–Trinajstić information content (AvgIpc) is 2.48. The fourth-order valence-electron chi connectivity index (χ4n) is 1.92. The summed E-state index contributed by atoms with van der Waals surface area (Å²) < 4.78 is 19.1. The van der Waals surface area contributed by atoms with Gasteiger partial charge in [0, 0.05) is 12.8 Å². The topological polar surface area (TPSA) is 145 Å². The van der Waals surface area contributed by atoms with Crippen molar-refractivity contribution in [3.05, 3.63) is 35.3 Å². The second kappa shape index (κ2) is 8.94. The molecule has 25 heavy (non-hydrogen) atoms. The predicted octanol–water partition coefficient (Wildman–Crippen LogP) is 0.439. The summed E-state index contributed by atoms with van der Waals surface area (Å²) in [5.74, 6) is -2.38. The lowest BCUT2D eigenvalue weighted by Crippen LogP contribution is -2.39. The van der Waals surface area contributed by atoms with Crippen LogP contribution >= 0.6 is 12.2 Å². The van der Waals surface area contributed by atoms with Gasteiger partial charge in [0.1, 0.15) is 16.8 Å². The van der Waals surface area contributed by atoms with E-state index in [1.54, 1.807) is 6.92 Å². The van der Waals surface area contributed by atoms with Crippen molar-refractivity contribution < 1.29 is 18.7 Å². The molecule has 136 valence electrons. The van der Waals surface area contributed by atoms with Crippen LogP contribution in [0.4, 0.5) is 15.8 Å². The molecule has 0 aliphatic carbocycles. The van der Waals surface area contributed by atoms with Gasteiger partial charge in [0.2, 0.25) is 5.91 Å². The fourth-order valence-corrected chi connectivity index (χ4v) is 2.21. The van der Waals surface area contributed by atoms with E-state index in [9.17, 15) is 14.0 Å². The maximum atomic E-state index is 14.2. The molecule has 8 N–H and O–H groups in total. The summed E-state index contributed by atoms with van der Waals surface area (Å²) in [6, 6.07) is 1.22. The van der Waals surface area contributed by atoms with Gasteiger partial charge < -0.3 is 32.6 Å². The zero-order valence-corrected chi connectivity index (χ0v) is 14.6. The first-order valence-corrected chi connectivity index (χ1v) is 7.49. The minimum absolute atomic E-state index is 0.0668. The van der Waals surface area contributed by atoms with Crippen molar-refractivity contribution in [3.63, 3.8) is 0 Å². The van der Waals surface area contributed by atoms with E-state index < -0.39 is 23.7 Å². The normalized spacial score (nSPS) is 12.4. The lowest BCUT2D eigenvalue weighted by atomic mass is 10.1. The lowest BCUT2D eigenvalue weighted by molar-refractivity contribution is -0.119. The van der Waals surface area contributed by atoms with Gasteiger partial charge in [0.25, 0.3) is 5.91 Å². The molecule has 0 saturated heterocycles. The molecule has 0 aromatic heterocycles. The molecule has 0 heterocycles. The Morgan fingerprint density at radius 1 is 1.32 bits per heavy atom. The van der Waals surface area contributed by atoms with E-state index in [4.69, 9.17) is 34.2 Å². The number of benzene rings is 1. The highest BCUT2D eigenvalue weighted by atomic mass is 32.1. The second-order valence-corrected chi connectivity index (χ2v) is 5.61. The Morgan fingerprint density at radius 3 is 2.44 bits per heavy atom. The predicted molar refractivity (Wildman–Crippen MR) is 97.6 cm³/mol. The van der Waals surface area contributed by atoms with Crippen molar-refractivity contribution >= 4 is 40.4 Å². The number of hydrogen-bond acceptors (Lipinski definition) is 6. The minimum Gasteiger partial charge on any atom is -0.402 e. The molecule has 10 heteroatoms. The van der Waals surface area contributed by atoms with Gasteiger partial charge in [-0.3, -0.25) is 9.59 Å². The summed E-state index contributed by atoms with van der Waals surface area (Å²) in [6.07, 6.45) is 1.45. The first-order valence-electron chi connectivity index (χ1n) is 7.08. The fraction of sp³-hybridized carbons (Fsp3) is 0.267. The molecule has 0 aliphatic rings. The number of methoxy groups -OCH3 is 1. The smallest absolute Gasteiger partial charge is 0.250 e. The highest BCUT2D eigenvalue weighted by Crippen LogP contribution is 2.25. The zero-order chi connectivity index (χ0) is 19.1. The SMILES string of the molecule is COC[C@@H](Nc1cc(NC(=S)C=C(C)N)c(C(N)=O)cc1F)C(N)=O. The molecule has 0 radical (unpaired) electrons. The van der Waals surface area contributed by atoms with Crippen LogP contribution in [-0.2, 0) is 9.53 Å². The van der Waals surface area contributed by atoms with Gasteiger partial charge in [-0.05, 0) is 25.1 Å². The van der Waals surface area contributed by atoms with E-state index in [0.29, 0.717) is 5.70 Å². The maximum Gasteiger partial charge on any atom is 0.250 e. The number of allylic oxidation sites excluding steroid dienone is 1. The number of thiocarbonyl (C=S) groups is 1. The van der Waals surface area contributed by atoms with E-state index in [0.717, 1.165) is 6.07 Å². The third kappa shape index (κ3) is 6.01. The van der Waals surface area contributed by atoms with Gasteiger partial charge in [-0.15, -0.1) is 0 Å². The van der Waals surface area contributed by atoms with E-state index in [-0.39, 0.29) is 28.5 Å². The van der Waals surface area contributed by atoms with Gasteiger partial charge in [-0.1, -0.05) is 12.2 Å². The summed E-state index contributed by atoms with van der Waals surface area (Å²) in [4.78, 5) is 23.1. The number of hydrogen-bond donors (Lipinski definition) is 5. The number of primary amides is 2. The number of ether oxygens (including phenoxy) is 1. The highest BCUT2D eigenvalue weighted by molar-refractivity contribution is 7.81. The molecule has 1 aromatic carbocycles.